The van der Waals surface area contributed by atoms with Gasteiger partial charge in [0.25, 0.3) is 0 Å². The molecule has 4 heteroatoms. The molecule has 1 aromatic heterocycles. The maximum Gasteiger partial charge on any atom is 0.106 e. The summed E-state index contributed by atoms with van der Waals surface area (Å²) in [6.07, 6.45) is 4.26. The quantitative estimate of drug-likeness (QED) is 0.824. The minimum atomic E-state index is 0.795. The third-order valence-corrected chi connectivity index (χ3v) is 3.31. The molecule has 0 unspecified atom stereocenters. The number of aromatic nitrogens is 1. The van der Waals surface area contributed by atoms with Gasteiger partial charge in [0.2, 0.25) is 0 Å². The van der Waals surface area contributed by atoms with Crippen LogP contribution in [0.4, 0.5) is 0 Å². The van der Waals surface area contributed by atoms with Gasteiger partial charge in [0.1, 0.15) is 5.01 Å². The molecular weight excluding hydrogens is 196 g/mol. The summed E-state index contributed by atoms with van der Waals surface area (Å²) < 4.78 is 5.31. The molecule has 2 rings (SSSR count). The molecule has 0 saturated carbocycles. The molecule has 1 aliphatic heterocycles. The standard InChI is InChI=1S/C10H16N2OS/c1-4-13-5-2-9(1)7-11-8-10-12-3-6-14-10/h3,6,9,11H,1-2,4-5,7-8H2. The van der Waals surface area contributed by atoms with Crippen LogP contribution in [0.15, 0.2) is 11.6 Å². The van der Waals surface area contributed by atoms with Crippen LogP contribution in [-0.2, 0) is 11.3 Å². The van der Waals surface area contributed by atoms with Crippen LogP contribution in [0.1, 0.15) is 17.8 Å². The van der Waals surface area contributed by atoms with E-state index in [9.17, 15) is 0 Å². The molecule has 3 nitrogen and oxygen atoms in total. The van der Waals surface area contributed by atoms with Crippen LogP contribution in [-0.4, -0.2) is 24.7 Å². The van der Waals surface area contributed by atoms with Gasteiger partial charge in [-0.25, -0.2) is 4.98 Å². The average Bonchev–Trinajstić information content (AvgIpc) is 2.72. The van der Waals surface area contributed by atoms with Crippen LogP contribution < -0.4 is 5.32 Å². The van der Waals surface area contributed by atoms with E-state index >= 15 is 0 Å². The molecule has 0 atom stereocenters. The van der Waals surface area contributed by atoms with Gasteiger partial charge in [-0.3, -0.25) is 0 Å². The Kier molecular flexibility index (Phi) is 3.91. The van der Waals surface area contributed by atoms with Crippen molar-refractivity contribution in [1.82, 2.24) is 10.3 Å². The number of hydrogen-bond acceptors (Lipinski definition) is 4. The lowest BCUT2D eigenvalue weighted by Gasteiger charge is -2.21. The second kappa shape index (κ2) is 5.44. The number of ether oxygens (including phenoxy) is 1. The van der Waals surface area contributed by atoms with Crippen molar-refractivity contribution in [3.8, 4) is 0 Å². The topological polar surface area (TPSA) is 34.1 Å². The SMILES string of the molecule is c1csc(CNCC2CCOCC2)n1. The van der Waals surface area contributed by atoms with Crippen molar-refractivity contribution in [2.45, 2.75) is 19.4 Å². The Morgan fingerprint density at radius 2 is 2.36 bits per heavy atom. The lowest BCUT2D eigenvalue weighted by atomic mass is 10.0. The van der Waals surface area contributed by atoms with Gasteiger partial charge in [-0.1, -0.05) is 0 Å². The molecule has 1 aromatic rings. The number of nitrogens with zero attached hydrogens (tertiary/aromatic N) is 1. The lowest BCUT2D eigenvalue weighted by molar-refractivity contribution is 0.0662. The van der Waals surface area contributed by atoms with Crippen molar-refractivity contribution >= 4 is 11.3 Å². The molecule has 14 heavy (non-hydrogen) atoms. The third kappa shape index (κ3) is 3.04. The summed E-state index contributed by atoms with van der Waals surface area (Å²) in [6, 6.07) is 0. The smallest absolute Gasteiger partial charge is 0.106 e. The Bertz CT molecular complexity index is 245. The maximum absolute atomic E-state index is 5.31. The van der Waals surface area contributed by atoms with Crippen LogP contribution in [0.2, 0.25) is 0 Å². The minimum Gasteiger partial charge on any atom is -0.381 e. The van der Waals surface area contributed by atoms with Crippen molar-refractivity contribution in [2.75, 3.05) is 19.8 Å². The Morgan fingerprint density at radius 1 is 1.50 bits per heavy atom. The number of rotatable bonds is 4. The molecule has 1 saturated heterocycles. The van der Waals surface area contributed by atoms with Crippen LogP contribution >= 0.6 is 11.3 Å². The molecule has 0 radical (unpaired) electrons. The molecule has 0 spiro atoms. The fourth-order valence-corrected chi connectivity index (χ4v) is 2.26. The van der Waals surface area contributed by atoms with E-state index in [1.54, 1.807) is 11.3 Å². The van der Waals surface area contributed by atoms with Crippen molar-refractivity contribution in [1.29, 1.82) is 0 Å². The molecule has 78 valence electrons. The largest absolute Gasteiger partial charge is 0.381 e. The Morgan fingerprint density at radius 3 is 3.07 bits per heavy atom. The van der Waals surface area contributed by atoms with Crippen molar-refractivity contribution in [3.05, 3.63) is 16.6 Å². The second-order valence-corrected chi connectivity index (χ2v) is 4.59. The van der Waals surface area contributed by atoms with E-state index in [2.05, 4.69) is 10.3 Å². The highest BCUT2D eigenvalue weighted by molar-refractivity contribution is 7.09. The molecule has 0 bridgehead atoms. The minimum absolute atomic E-state index is 0.795. The van der Waals surface area contributed by atoms with E-state index in [0.717, 1.165) is 32.2 Å². The van der Waals surface area contributed by atoms with E-state index in [1.807, 2.05) is 11.6 Å². The maximum atomic E-state index is 5.31. The normalized spacial score (nSPS) is 18.6. The lowest BCUT2D eigenvalue weighted by Crippen LogP contribution is -2.27. The van der Waals surface area contributed by atoms with Crippen molar-refractivity contribution < 1.29 is 4.74 Å². The molecular formula is C10H16N2OS. The Hall–Kier alpha value is -0.450. The van der Waals surface area contributed by atoms with E-state index < -0.39 is 0 Å². The van der Waals surface area contributed by atoms with E-state index in [0.29, 0.717) is 0 Å². The zero-order valence-corrected chi connectivity index (χ0v) is 9.05. The van der Waals surface area contributed by atoms with Gasteiger partial charge in [0, 0.05) is 31.3 Å². The molecule has 0 aromatic carbocycles. The number of hydrogen-bond donors (Lipinski definition) is 1. The van der Waals surface area contributed by atoms with E-state index in [-0.39, 0.29) is 0 Å². The average molecular weight is 212 g/mol. The van der Waals surface area contributed by atoms with Crippen LogP contribution in [0.5, 0.6) is 0 Å². The zero-order valence-electron chi connectivity index (χ0n) is 8.24. The molecule has 1 N–H and O–H groups in total. The van der Waals surface area contributed by atoms with Gasteiger partial charge < -0.3 is 10.1 Å². The molecule has 0 aliphatic carbocycles. The highest BCUT2D eigenvalue weighted by atomic mass is 32.1. The van der Waals surface area contributed by atoms with Crippen LogP contribution in [0.3, 0.4) is 0 Å². The van der Waals surface area contributed by atoms with Gasteiger partial charge in [-0.15, -0.1) is 11.3 Å². The first-order valence-corrected chi connectivity index (χ1v) is 6.00. The highest BCUT2D eigenvalue weighted by Crippen LogP contribution is 2.13. The van der Waals surface area contributed by atoms with Gasteiger partial charge in [-0.2, -0.15) is 0 Å². The first-order valence-electron chi connectivity index (χ1n) is 5.12. The fourth-order valence-electron chi connectivity index (χ4n) is 1.67. The predicted molar refractivity (Wildman–Crippen MR) is 57.4 cm³/mol. The Labute approximate surface area is 88.5 Å². The summed E-state index contributed by atoms with van der Waals surface area (Å²) in [6.45, 7) is 3.88. The van der Waals surface area contributed by atoms with Crippen LogP contribution in [0, 0.1) is 5.92 Å². The monoisotopic (exact) mass is 212 g/mol. The van der Waals surface area contributed by atoms with E-state index in [1.165, 1.54) is 17.8 Å². The summed E-state index contributed by atoms with van der Waals surface area (Å²) in [5.74, 6) is 0.795. The summed E-state index contributed by atoms with van der Waals surface area (Å²) in [5, 5.41) is 6.65. The Balaban J connectivity index is 1.62. The van der Waals surface area contributed by atoms with Gasteiger partial charge in [0.05, 0.1) is 0 Å². The zero-order chi connectivity index (χ0) is 9.64. The molecule has 2 heterocycles. The van der Waals surface area contributed by atoms with Gasteiger partial charge >= 0.3 is 0 Å². The van der Waals surface area contributed by atoms with Crippen LogP contribution in [0.25, 0.3) is 0 Å². The summed E-state index contributed by atoms with van der Waals surface area (Å²) in [5.41, 5.74) is 0. The first kappa shape index (κ1) is 10.1. The summed E-state index contributed by atoms with van der Waals surface area (Å²) in [7, 11) is 0. The fraction of sp³-hybridized carbons (Fsp3) is 0.700. The highest BCUT2D eigenvalue weighted by Gasteiger charge is 2.12. The number of nitrogens with one attached hydrogen (secondary N) is 1. The summed E-state index contributed by atoms with van der Waals surface area (Å²) >= 11 is 1.71. The first-order chi connectivity index (χ1) is 6.95. The second-order valence-electron chi connectivity index (χ2n) is 3.61. The van der Waals surface area contributed by atoms with Crippen molar-refractivity contribution in [2.24, 2.45) is 5.92 Å². The third-order valence-electron chi connectivity index (χ3n) is 2.53. The number of thiazole rings is 1. The van der Waals surface area contributed by atoms with Gasteiger partial charge in [0.15, 0.2) is 0 Å². The predicted octanol–water partition coefficient (Wildman–Crippen LogP) is 1.66. The molecule has 1 aliphatic rings. The van der Waals surface area contributed by atoms with Gasteiger partial charge in [-0.05, 0) is 25.3 Å². The molecule has 0 amide bonds. The summed E-state index contributed by atoms with van der Waals surface area (Å²) in [4.78, 5) is 4.23. The molecule has 1 fully saturated rings. The van der Waals surface area contributed by atoms with E-state index in [4.69, 9.17) is 4.74 Å². The van der Waals surface area contributed by atoms with Crippen molar-refractivity contribution in [3.63, 3.8) is 0 Å².